The lowest BCUT2D eigenvalue weighted by Gasteiger charge is -2.00. The fraction of sp³-hybridized carbons (Fsp3) is 0. The van der Waals surface area contributed by atoms with Crippen LogP contribution in [-0.4, -0.2) is 84.2 Å². The van der Waals surface area contributed by atoms with Crippen LogP contribution in [0.1, 0.15) is 41.4 Å². The molecule has 0 aliphatic carbocycles. The molecule has 68 heavy (non-hydrogen) atoms. The second-order valence-electron chi connectivity index (χ2n) is 13.4. The fourth-order valence-corrected chi connectivity index (χ4v) is 6.07. The Bertz CT molecular complexity index is 3480. The normalized spacial score (nSPS) is 10.8. The zero-order valence-corrected chi connectivity index (χ0v) is 33.8. The summed E-state index contributed by atoms with van der Waals surface area (Å²) < 4.78 is 45.8. The zero-order chi connectivity index (χ0) is 47.3. The maximum absolute atomic E-state index is 11.8. The number of carboxylic acid groups (broad SMARTS) is 4. The van der Waals surface area contributed by atoms with Crippen molar-refractivity contribution in [2.75, 3.05) is 0 Å². The Morgan fingerprint density at radius 1 is 0.294 bits per heavy atom. The highest BCUT2D eigenvalue weighted by Gasteiger charge is 2.16. The third-order valence-electron chi connectivity index (χ3n) is 8.88. The first-order valence-corrected chi connectivity index (χ1v) is 19.1. The SMILES string of the molecule is O=C(O)c1cccc2oc3cncc(n3)oc3c(C(=O)O)cccc3oc3cncc(n3)oc12.O=C(O)c1cccc2oc3cncc(n3)oc3c(C(=O)O)cccc3oc3cncc(n3)oc12. The van der Waals surface area contributed by atoms with E-state index >= 15 is 0 Å². The highest BCUT2D eigenvalue weighted by molar-refractivity contribution is 6.01. The second kappa shape index (κ2) is 18.3. The molecule has 0 fully saturated rings. The number of hydrogen-bond acceptors (Lipinski definition) is 20. The molecule has 4 N–H and O–H groups in total. The van der Waals surface area contributed by atoms with Gasteiger partial charge < -0.3 is 55.8 Å². The van der Waals surface area contributed by atoms with Crippen molar-refractivity contribution < 1.29 is 74.9 Å². The van der Waals surface area contributed by atoms with Crippen LogP contribution >= 0.6 is 0 Å². The number of nitrogens with zero attached hydrogens (tertiary/aromatic N) is 8. The molecule has 0 amide bonds. The van der Waals surface area contributed by atoms with Crippen molar-refractivity contribution in [1.82, 2.24) is 39.9 Å². The molecule has 10 rings (SSSR count). The lowest BCUT2D eigenvalue weighted by atomic mass is 10.2. The number of carbonyl (C=O) groups is 4. The molecular formula is C44H24N8O16. The lowest BCUT2D eigenvalue weighted by molar-refractivity contribution is 0.0686. The Kier molecular flexibility index (Phi) is 11.5. The van der Waals surface area contributed by atoms with E-state index in [0.29, 0.717) is 0 Å². The summed E-state index contributed by atoms with van der Waals surface area (Å²) in [5.41, 5.74) is -2.11. The fourth-order valence-electron chi connectivity index (χ4n) is 6.07. The van der Waals surface area contributed by atoms with Gasteiger partial charge in [0, 0.05) is 0 Å². The van der Waals surface area contributed by atoms with Crippen molar-refractivity contribution in [2.24, 2.45) is 0 Å². The molecule has 0 aliphatic heterocycles. The van der Waals surface area contributed by atoms with Crippen LogP contribution < -0.4 is 0 Å². The molecule has 0 radical (unpaired) electrons. The summed E-state index contributed by atoms with van der Waals surface area (Å²) in [4.78, 5) is 79.8. The molecule has 24 nitrogen and oxygen atoms in total. The molecule has 4 aromatic carbocycles. The highest BCUT2D eigenvalue weighted by Crippen LogP contribution is 2.24. The Balaban J connectivity index is 0.000000170. The van der Waals surface area contributed by atoms with Gasteiger partial charge in [0.15, 0.2) is 44.7 Å². The van der Waals surface area contributed by atoms with Crippen LogP contribution in [0, 0.1) is 0 Å². The predicted molar refractivity (Wildman–Crippen MR) is 229 cm³/mol. The van der Waals surface area contributed by atoms with Crippen molar-refractivity contribution >= 4 is 114 Å². The summed E-state index contributed by atoms with van der Waals surface area (Å²) in [5, 5.41) is 38.5. The number of hydrogen-bond donors (Lipinski definition) is 4. The van der Waals surface area contributed by atoms with Gasteiger partial charge in [0.25, 0.3) is 0 Å². The van der Waals surface area contributed by atoms with E-state index in [9.17, 15) is 39.6 Å². The minimum Gasteiger partial charge on any atom is -0.478 e. The highest BCUT2D eigenvalue weighted by atomic mass is 16.4. The summed E-state index contributed by atoms with van der Waals surface area (Å²) in [6.45, 7) is 0. The molecule has 336 valence electrons. The first-order chi connectivity index (χ1) is 32.9. The minimum atomic E-state index is -1.26. The zero-order valence-electron chi connectivity index (χ0n) is 33.8. The molecule has 0 unspecified atom stereocenters. The quantitative estimate of drug-likeness (QED) is 0.128. The average molecular weight is 921 g/mol. The van der Waals surface area contributed by atoms with Gasteiger partial charge in [-0.2, -0.15) is 19.9 Å². The third kappa shape index (κ3) is 9.24. The molecule has 24 heteroatoms. The number of aromatic carboxylic acids is 4. The smallest absolute Gasteiger partial charge is 0.339 e. The summed E-state index contributed by atoms with van der Waals surface area (Å²) in [6.07, 6.45) is 10.0. The average Bonchev–Trinajstić information content (AvgIpc) is 3.31. The van der Waals surface area contributed by atoms with E-state index < -0.39 is 23.9 Å². The van der Waals surface area contributed by atoms with E-state index in [1.807, 2.05) is 0 Å². The first-order valence-electron chi connectivity index (χ1n) is 19.1. The van der Waals surface area contributed by atoms with Crippen LogP contribution in [0.3, 0.4) is 0 Å². The number of para-hydroxylation sites is 4. The maximum atomic E-state index is 11.8. The van der Waals surface area contributed by atoms with Crippen molar-refractivity contribution in [3.8, 4) is 0 Å². The van der Waals surface area contributed by atoms with Gasteiger partial charge in [0.1, 0.15) is 22.3 Å². The van der Waals surface area contributed by atoms with Crippen molar-refractivity contribution in [2.45, 2.75) is 0 Å². The largest absolute Gasteiger partial charge is 0.478 e. The summed E-state index contributed by atoms with van der Waals surface area (Å²) in [7, 11) is 0. The van der Waals surface area contributed by atoms with Crippen LogP contribution in [0.4, 0.5) is 0 Å². The molecule has 0 atom stereocenters. The van der Waals surface area contributed by atoms with Crippen molar-refractivity contribution in [3.05, 3.63) is 145 Å². The van der Waals surface area contributed by atoms with Gasteiger partial charge in [-0.1, -0.05) is 24.3 Å². The molecule has 8 bridgehead atoms. The Morgan fingerprint density at radius 3 is 0.676 bits per heavy atom. The van der Waals surface area contributed by atoms with Crippen molar-refractivity contribution in [1.29, 1.82) is 0 Å². The number of benzene rings is 4. The first kappa shape index (κ1) is 42.8. The monoisotopic (exact) mass is 920 g/mol. The van der Waals surface area contributed by atoms with E-state index in [4.69, 9.17) is 35.3 Å². The van der Waals surface area contributed by atoms with E-state index in [1.165, 1.54) is 122 Å². The minimum absolute atomic E-state index is 0.00292. The molecule has 0 aliphatic rings. The van der Waals surface area contributed by atoms with E-state index in [0.717, 1.165) is 0 Å². The van der Waals surface area contributed by atoms with Crippen LogP contribution in [0.15, 0.2) is 158 Å². The van der Waals surface area contributed by atoms with Gasteiger partial charge in [-0.3, -0.25) is 19.9 Å². The van der Waals surface area contributed by atoms with Crippen molar-refractivity contribution in [3.63, 3.8) is 0 Å². The standard InChI is InChI=1S/2C22H12N4O8/c2*27-21(28)11-3-1-5-13-19(11)33-17-9-24-8-16(26-17)32-14-6-2-4-12(22(29)30)20(14)34-18-10-23-7-15(25-18)31-13/h2*1-10H,(H,27,28)(H,29,30). The van der Waals surface area contributed by atoms with Gasteiger partial charge >= 0.3 is 23.9 Å². The van der Waals surface area contributed by atoms with Gasteiger partial charge in [0.05, 0.1) is 49.6 Å². The molecule has 10 aromatic rings. The second-order valence-corrected chi connectivity index (χ2v) is 13.4. The molecule has 0 spiro atoms. The van der Waals surface area contributed by atoms with Crippen LogP contribution in [0.25, 0.3) is 90.4 Å². The molecule has 0 saturated carbocycles. The molecule has 0 saturated heterocycles. The Labute approximate surface area is 373 Å². The predicted octanol–water partition coefficient (Wildman–Crippen LogP) is 8.92. The van der Waals surface area contributed by atoms with Crippen LogP contribution in [0.5, 0.6) is 0 Å². The Hall–Kier alpha value is -10.5. The van der Waals surface area contributed by atoms with Gasteiger partial charge in [0.2, 0.25) is 45.7 Å². The van der Waals surface area contributed by atoms with Crippen LogP contribution in [-0.2, 0) is 0 Å². The van der Waals surface area contributed by atoms with E-state index in [-0.39, 0.29) is 113 Å². The van der Waals surface area contributed by atoms with Gasteiger partial charge in [-0.05, 0) is 48.5 Å². The van der Waals surface area contributed by atoms with E-state index in [2.05, 4.69) is 39.9 Å². The number of carboxylic acids is 4. The number of rotatable bonds is 4. The molecule has 6 aromatic heterocycles. The summed E-state index contributed by atoms with van der Waals surface area (Å²) in [5.74, 6) is -5.05. The summed E-state index contributed by atoms with van der Waals surface area (Å²) >= 11 is 0. The number of fused-ring (bicyclic) bond motifs is 12. The number of aromatic nitrogens is 8. The van der Waals surface area contributed by atoms with E-state index in [1.54, 1.807) is 0 Å². The molecule has 6 heterocycles. The lowest BCUT2D eigenvalue weighted by Crippen LogP contribution is -1.97. The van der Waals surface area contributed by atoms with Crippen LogP contribution in [0.2, 0.25) is 0 Å². The van der Waals surface area contributed by atoms with Gasteiger partial charge in [-0.25, -0.2) is 19.2 Å². The van der Waals surface area contributed by atoms with Gasteiger partial charge in [-0.15, -0.1) is 0 Å². The summed E-state index contributed by atoms with van der Waals surface area (Å²) in [6, 6.07) is 17.0. The third-order valence-corrected chi connectivity index (χ3v) is 8.88. The topological polar surface area (TPSA) is 357 Å². The molecular weight excluding hydrogens is 897 g/mol. The Morgan fingerprint density at radius 2 is 0.485 bits per heavy atom. The maximum Gasteiger partial charge on any atom is 0.339 e.